The van der Waals surface area contributed by atoms with Crippen LogP contribution in [0.3, 0.4) is 0 Å². The minimum atomic E-state index is -0.676. The van der Waals surface area contributed by atoms with E-state index >= 15 is 0 Å². The Hall–Kier alpha value is -3.26. The van der Waals surface area contributed by atoms with Crippen molar-refractivity contribution in [3.63, 3.8) is 0 Å². The summed E-state index contributed by atoms with van der Waals surface area (Å²) in [5.41, 5.74) is 1.02. The number of para-hydroxylation sites is 2. The molecule has 154 valence electrons. The molecule has 3 aromatic rings. The summed E-state index contributed by atoms with van der Waals surface area (Å²) in [7, 11) is 0. The molecule has 2 aromatic heterocycles. The van der Waals surface area contributed by atoms with Gasteiger partial charge in [-0.3, -0.25) is 9.59 Å². The zero-order chi connectivity index (χ0) is 20.7. The third kappa shape index (κ3) is 3.43. The van der Waals surface area contributed by atoms with Crippen LogP contribution in [0.25, 0.3) is 5.65 Å². The van der Waals surface area contributed by atoms with Crippen LogP contribution in [0.1, 0.15) is 10.5 Å². The maximum atomic E-state index is 12.8. The number of imidazole rings is 1. The van der Waals surface area contributed by atoms with Crippen LogP contribution in [-0.2, 0) is 4.79 Å². The van der Waals surface area contributed by atoms with E-state index in [4.69, 9.17) is 21.1 Å². The lowest BCUT2D eigenvalue weighted by Gasteiger charge is -2.36. The summed E-state index contributed by atoms with van der Waals surface area (Å²) in [6.45, 7) is 1.92. The van der Waals surface area contributed by atoms with E-state index in [0.717, 1.165) is 0 Å². The van der Waals surface area contributed by atoms with Crippen LogP contribution in [0.15, 0.2) is 48.8 Å². The van der Waals surface area contributed by atoms with E-state index in [0.29, 0.717) is 54.0 Å². The Labute approximate surface area is 177 Å². The number of benzene rings is 1. The van der Waals surface area contributed by atoms with E-state index < -0.39 is 6.10 Å². The van der Waals surface area contributed by atoms with Gasteiger partial charge in [0.25, 0.3) is 11.8 Å². The van der Waals surface area contributed by atoms with Gasteiger partial charge >= 0.3 is 0 Å². The highest BCUT2D eigenvalue weighted by atomic mass is 35.5. The molecule has 4 heterocycles. The number of aromatic nitrogens is 2. The Bertz CT molecular complexity index is 1120. The zero-order valence-electron chi connectivity index (χ0n) is 16.0. The SMILES string of the molecule is O=C(c1cn2cc(Cl)ccc2n1)N1CCN(C(=O)[C@H]2COc3ccccc3O2)CC1. The van der Waals surface area contributed by atoms with Gasteiger partial charge in [-0.15, -0.1) is 0 Å². The molecule has 1 atom stereocenters. The molecule has 0 aliphatic carbocycles. The average molecular weight is 427 g/mol. The third-order valence-corrected chi connectivity index (χ3v) is 5.52. The molecular formula is C21H19ClN4O4. The number of piperazine rings is 1. The topological polar surface area (TPSA) is 76.4 Å². The number of ether oxygens (including phenoxy) is 2. The number of fused-ring (bicyclic) bond motifs is 2. The fourth-order valence-corrected chi connectivity index (χ4v) is 3.87. The molecule has 5 rings (SSSR count). The summed E-state index contributed by atoms with van der Waals surface area (Å²) in [4.78, 5) is 33.5. The van der Waals surface area contributed by atoms with Gasteiger partial charge in [0.15, 0.2) is 11.5 Å². The van der Waals surface area contributed by atoms with Gasteiger partial charge in [-0.25, -0.2) is 4.98 Å². The van der Waals surface area contributed by atoms with Gasteiger partial charge in [-0.1, -0.05) is 23.7 Å². The molecule has 30 heavy (non-hydrogen) atoms. The monoisotopic (exact) mass is 426 g/mol. The Morgan fingerprint density at radius 1 is 0.967 bits per heavy atom. The van der Waals surface area contributed by atoms with Crippen LogP contribution in [-0.4, -0.2) is 69.9 Å². The second-order valence-electron chi connectivity index (χ2n) is 7.22. The van der Waals surface area contributed by atoms with Crippen LogP contribution in [0.4, 0.5) is 0 Å². The summed E-state index contributed by atoms with van der Waals surface area (Å²) in [6.07, 6.45) is 2.71. The predicted octanol–water partition coefficient (Wildman–Crippen LogP) is 2.11. The van der Waals surface area contributed by atoms with E-state index in [9.17, 15) is 9.59 Å². The maximum absolute atomic E-state index is 12.8. The fraction of sp³-hybridized carbons (Fsp3) is 0.286. The lowest BCUT2D eigenvalue weighted by Crippen LogP contribution is -2.55. The van der Waals surface area contributed by atoms with Crippen molar-refractivity contribution in [3.8, 4) is 11.5 Å². The Morgan fingerprint density at radius 2 is 1.70 bits per heavy atom. The molecule has 0 spiro atoms. The molecule has 2 aliphatic heterocycles. The van der Waals surface area contributed by atoms with Gasteiger partial charge in [-0.05, 0) is 24.3 Å². The Kier molecular flexibility index (Phi) is 4.71. The number of hydrogen-bond donors (Lipinski definition) is 0. The van der Waals surface area contributed by atoms with Crippen LogP contribution in [0.5, 0.6) is 11.5 Å². The standard InChI is InChI=1S/C21H19ClN4O4/c22-14-5-6-19-23-15(12-26(19)11-14)20(27)24-7-9-25(10-8-24)21(28)18-13-29-16-3-1-2-4-17(16)30-18/h1-6,11-12,18H,7-10,13H2/t18-/m1/s1. The van der Waals surface area contributed by atoms with Crippen molar-refractivity contribution in [2.75, 3.05) is 32.8 Å². The molecule has 1 saturated heterocycles. The highest BCUT2D eigenvalue weighted by molar-refractivity contribution is 6.30. The van der Waals surface area contributed by atoms with E-state index in [1.165, 1.54) is 0 Å². The molecule has 0 radical (unpaired) electrons. The predicted molar refractivity (Wildman–Crippen MR) is 109 cm³/mol. The summed E-state index contributed by atoms with van der Waals surface area (Å²) < 4.78 is 13.2. The zero-order valence-corrected chi connectivity index (χ0v) is 16.8. The third-order valence-electron chi connectivity index (χ3n) is 5.30. The number of carbonyl (C=O) groups is 2. The summed E-state index contributed by atoms with van der Waals surface area (Å²) in [5.74, 6) is 0.931. The van der Waals surface area contributed by atoms with Crippen molar-refractivity contribution in [1.82, 2.24) is 19.2 Å². The van der Waals surface area contributed by atoms with Gasteiger partial charge in [0.2, 0.25) is 6.10 Å². The summed E-state index contributed by atoms with van der Waals surface area (Å²) in [5, 5.41) is 0.572. The van der Waals surface area contributed by atoms with E-state index in [1.807, 2.05) is 18.2 Å². The van der Waals surface area contributed by atoms with E-state index in [1.54, 1.807) is 44.8 Å². The molecule has 1 aromatic carbocycles. The van der Waals surface area contributed by atoms with Gasteiger partial charge in [-0.2, -0.15) is 0 Å². The number of carbonyl (C=O) groups excluding carboxylic acids is 2. The smallest absolute Gasteiger partial charge is 0.274 e. The minimum absolute atomic E-state index is 0.126. The van der Waals surface area contributed by atoms with Crippen LogP contribution in [0.2, 0.25) is 5.02 Å². The van der Waals surface area contributed by atoms with Crippen molar-refractivity contribution in [1.29, 1.82) is 0 Å². The molecule has 9 heteroatoms. The number of pyridine rings is 1. The quantitative estimate of drug-likeness (QED) is 0.627. The molecule has 0 unspecified atom stereocenters. The van der Waals surface area contributed by atoms with E-state index in [-0.39, 0.29) is 18.4 Å². The summed E-state index contributed by atoms with van der Waals surface area (Å²) in [6, 6.07) is 10.8. The molecule has 2 amide bonds. The molecule has 2 aliphatic rings. The van der Waals surface area contributed by atoms with Gasteiger partial charge in [0.1, 0.15) is 17.9 Å². The minimum Gasteiger partial charge on any atom is -0.485 e. The van der Waals surface area contributed by atoms with Gasteiger partial charge in [0, 0.05) is 38.6 Å². The average Bonchev–Trinajstić information content (AvgIpc) is 3.21. The second-order valence-corrected chi connectivity index (χ2v) is 7.66. The molecule has 0 bridgehead atoms. The first-order valence-electron chi connectivity index (χ1n) is 9.69. The second kappa shape index (κ2) is 7.53. The first-order valence-corrected chi connectivity index (χ1v) is 10.1. The van der Waals surface area contributed by atoms with Crippen molar-refractivity contribution in [2.45, 2.75) is 6.10 Å². The Balaban J connectivity index is 1.21. The van der Waals surface area contributed by atoms with Crippen LogP contribution < -0.4 is 9.47 Å². The molecule has 0 N–H and O–H groups in total. The number of hydrogen-bond acceptors (Lipinski definition) is 5. The molecule has 0 saturated carbocycles. The van der Waals surface area contributed by atoms with Crippen LogP contribution >= 0.6 is 11.6 Å². The summed E-state index contributed by atoms with van der Waals surface area (Å²) >= 11 is 5.99. The van der Waals surface area contributed by atoms with Gasteiger partial charge in [0.05, 0.1) is 5.02 Å². The first-order chi connectivity index (χ1) is 14.6. The van der Waals surface area contributed by atoms with Crippen molar-refractivity contribution < 1.29 is 19.1 Å². The lowest BCUT2D eigenvalue weighted by molar-refractivity contribution is -0.142. The highest BCUT2D eigenvalue weighted by Crippen LogP contribution is 2.31. The highest BCUT2D eigenvalue weighted by Gasteiger charge is 2.33. The Morgan fingerprint density at radius 3 is 2.50 bits per heavy atom. The molecule has 8 nitrogen and oxygen atoms in total. The van der Waals surface area contributed by atoms with Crippen molar-refractivity contribution >= 4 is 29.1 Å². The van der Waals surface area contributed by atoms with Crippen molar-refractivity contribution in [2.24, 2.45) is 0 Å². The maximum Gasteiger partial charge on any atom is 0.274 e. The normalized spacial score (nSPS) is 18.5. The first kappa shape index (κ1) is 18.7. The van der Waals surface area contributed by atoms with Gasteiger partial charge < -0.3 is 23.7 Å². The number of rotatable bonds is 2. The van der Waals surface area contributed by atoms with Crippen LogP contribution in [0, 0.1) is 0 Å². The number of halogens is 1. The largest absolute Gasteiger partial charge is 0.485 e. The number of amides is 2. The fourth-order valence-electron chi connectivity index (χ4n) is 3.70. The van der Waals surface area contributed by atoms with E-state index in [2.05, 4.69) is 4.98 Å². The molecular weight excluding hydrogens is 408 g/mol. The lowest BCUT2D eigenvalue weighted by atomic mass is 10.2. The molecule has 1 fully saturated rings. The number of nitrogens with zero attached hydrogens (tertiary/aromatic N) is 4. The van der Waals surface area contributed by atoms with Crippen molar-refractivity contribution in [3.05, 3.63) is 59.5 Å².